The first kappa shape index (κ1) is 12.4. The van der Waals surface area contributed by atoms with Crippen LogP contribution in [-0.2, 0) is 0 Å². The van der Waals surface area contributed by atoms with Gasteiger partial charge in [0.25, 0.3) is 0 Å². The summed E-state index contributed by atoms with van der Waals surface area (Å²) in [5.74, 6) is 1.50. The maximum absolute atomic E-state index is 5.81. The lowest BCUT2D eigenvalue weighted by Crippen LogP contribution is -2.19. The van der Waals surface area contributed by atoms with Crippen LogP contribution >= 0.6 is 11.3 Å². The fourth-order valence-electron chi connectivity index (χ4n) is 2.78. The molecule has 4 rings (SSSR count). The molecular weight excluding hydrogens is 270 g/mol. The monoisotopic (exact) mass is 289 g/mol. The van der Waals surface area contributed by atoms with Gasteiger partial charge >= 0.3 is 0 Å². The van der Waals surface area contributed by atoms with E-state index in [1.807, 2.05) is 12.1 Å². The van der Waals surface area contributed by atoms with Gasteiger partial charge in [-0.1, -0.05) is 17.8 Å². The molecule has 3 heterocycles. The number of thiazole rings is 1. The van der Waals surface area contributed by atoms with Crippen LogP contribution in [-0.4, -0.2) is 29.7 Å². The van der Waals surface area contributed by atoms with Crippen molar-refractivity contribution in [2.24, 2.45) is 5.92 Å². The Bertz CT molecular complexity index is 602. The average molecular weight is 289 g/mol. The third kappa shape index (κ3) is 2.35. The number of hydrogen-bond donors (Lipinski definition) is 0. The second-order valence-electron chi connectivity index (χ2n) is 5.77. The number of fused-ring (bicyclic) bond motifs is 1. The quantitative estimate of drug-likeness (QED) is 0.864. The summed E-state index contributed by atoms with van der Waals surface area (Å²) < 4.78 is 5.81. The molecule has 5 heteroatoms. The first-order chi connectivity index (χ1) is 9.88. The Hall–Kier alpha value is -1.36. The van der Waals surface area contributed by atoms with Crippen molar-refractivity contribution in [1.82, 2.24) is 9.97 Å². The van der Waals surface area contributed by atoms with Gasteiger partial charge in [0.05, 0.1) is 6.61 Å². The van der Waals surface area contributed by atoms with Gasteiger partial charge in [-0.25, -0.2) is 9.97 Å². The van der Waals surface area contributed by atoms with Crippen LogP contribution < -0.4 is 9.64 Å². The standard InChI is InChI=1S/C15H19N3OS/c1-2-9-18(8-1)15-16-12-6-7-13(17-14(12)20-15)19-10-11-4-3-5-11/h6-7,11H,1-5,8-10H2. The SMILES string of the molecule is c1cc2nc(N3CCCC3)sc2nc1OCC1CCC1. The fourth-order valence-corrected chi connectivity index (χ4v) is 3.76. The van der Waals surface area contributed by atoms with Crippen molar-refractivity contribution >= 4 is 26.8 Å². The van der Waals surface area contributed by atoms with E-state index in [1.54, 1.807) is 11.3 Å². The molecule has 0 N–H and O–H groups in total. The van der Waals surface area contributed by atoms with E-state index < -0.39 is 0 Å². The normalized spacial score (nSPS) is 19.5. The van der Waals surface area contributed by atoms with Crippen LogP contribution in [0.4, 0.5) is 5.13 Å². The van der Waals surface area contributed by atoms with Gasteiger partial charge in [0.2, 0.25) is 5.88 Å². The minimum absolute atomic E-state index is 0.745. The number of aromatic nitrogens is 2. The van der Waals surface area contributed by atoms with Gasteiger partial charge in [-0.3, -0.25) is 0 Å². The summed E-state index contributed by atoms with van der Waals surface area (Å²) in [6, 6.07) is 3.99. The Morgan fingerprint density at radius 1 is 1.15 bits per heavy atom. The summed E-state index contributed by atoms with van der Waals surface area (Å²) in [7, 11) is 0. The molecule has 1 aliphatic carbocycles. The smallest absolute Gasteiger partial charge is 0.214 e. The molecule has 2 fully saturated rings. The van der Waals surface area contributed by atoms with E-state index in [0.717, 1.165) is 47.0 Å². The zero-order chi connectivity index (χ0) is 13.4. The summed E-state index contributed by atoms with van der Waals surface area (Å²) in [5.41, 5.74) is 0.993. The Balaban J connectivity index is 1.52. The predicted molar refractivity (Wildman–Crippen MR) is 81.7 cm³/mol. The molecule has 1 saturated carbocycles. The maximum atomic E-state index is 5.81. The van der Waals surface area contributed by atoms with E-state index in [1.165, 1.54) is 32.1 Å². The van der Waals surface area contributed by atoms with Crippen molar-refractivity contribution in [2.75, 3.05) is 24.6 Å². The molecule has 1 aliphatic heterocycles. The maximum Gasteiger partial charge on any atom is 0.214 e. The molecule has 0 bridgehead atoms. The number of pyridine rings is 1. The zero-order valence-electron chi connectivity index (χ0n) is 11.5. The molecule has 0 amide bonds. The van der Waals surface area contributed by atoms with Crippen LogP contribution in [0.3, 0.4) is 0 Å². The highest BCUT2D eigenvalue weighted by Gasteiger charge is 2.19. The van der Waals surface area contributed by atoms with Crippen LogP contribution in [0.2, 0.25) is 0 Å². The minimum atomic E-state index is 0.745. The number of rotatable bonds is 4. The van der Waals surface area contributed by atoms with Gasteiger partial charge in [-0.2, -0.15) is 0 Å². The highest BCUT2D eigenvalue weighted by atomic mass is 32.1. The average Bonchev–Trinajstić information content (AvgIpc) is 3.05. The first-order valence-electron chi connectivity index (χ1n) is 7.54. The van der Waals surface area contributed by atoms with Crippen molar-refractivity contribution in [3.63, 3.8) is 0 Å². The van der Waals surface area contributed by atoms with Gasteiger partial charge in [0, 0.05) is 19.2 Å². The number of ether oxygens (including phenoxy) is 1. The second-order valence-corrected chi connectivity index (χ2v) is 6.73. The Kier molecular flexibility index (Phi) is 3.22. The molecule has 2 aliphatic rings. The Morgan fingerprint density at radius 3 is 2.75 bits per heavy atom. The zero-order valence-corrected chi connectivity index (χ0v) is 12.4. The highest BCUT2D eigenvalue weighted by molar-refractivity contribution is 7.21. The van der Waals surface area contributed by atoms with Gasteiger partial charge < -0.3 is 9.64 Å². The van der Waals surface area contributed by atoms with Crippen molar-refractivity contribution in [3.8, 4) is 5.88 Å². The number of hydrogen-bond acceptors (Lipinski definition) is 5. The van der Waals surface area contributed by atoms with Gasteiger partial charge in [-0.05, 0) is 37.7 Å². The lowest BCUT2D eigenvalue weighted by atomic mass is 9.86. The fraction of sp³-hybridized carbons (Fsp3) is 0.600. The molecule has 0 atom stereocenters. The Morgan fingerprint density at radius 2 is 2.00 bits per heavy atom. The molecule has 20 heavy (non-hydrogen) atoms. The number of anilines is 1. The molecule has 106 valence electrons. The lowest BCUT2D eigenvalue weighted by Gasteiger charge is -2.24. The van der Waals surface area contributed by atoms with Crippen molar-refractivity contribution in [2.45, 2.75) is 32.1 Å². The molecule has 2 aromatic rings. The molecule has 0 unspecified atom stereocenters. The van der Waals surface area contributed by atoms with Gasteiger partial charge in [0.15, 0.2) is 5.13 Å². The van der Waals surface area contributed by atoms with Crippen LogP contribution in [0.15, 0.2) is 12.1 Å². The van der Waals surface area contributed by atoms with Crippen LogP contribution in [0, 0.1) is 5.92 Å². The highest BCUT2D eigenvalue weighted by Crippen LogP contribution is 2.31. The molecule has 0 aromatic carbocycles. The van der Waals surface area contributed by atoms with Gasteiger partial charge in [-0.15, -0.1) is 0 Å². The summed E-state index contributed by atoms with van der Waals surface area (Å²) >= 11 is 1.69. The van der Waals surface area contributed by atoms with E-state index in [2.05, 4.69) is 14.9 Å². The molecule has 2 aromatic heterocycles. The third-order valence-corrected chi connectivity index (χ3v) is 5.31. The summed E-state index contributed by atoms with van der Waals surface area (Å²) in [5, 5.41) is 1.11. The summed E-state index contributed by atoms with van der Waals surface area (Å²) in [4.78, 5) is 12.7. The van der Waals surface area contributed by atoms with E-state index in [9.17, 15) is 0 Å². The minimum Gasteiger partial charge on any atom is -0.477 e. The van der Waals surface area contributed by atoms with Gasteiger partial charge in [0.1, 0.15) is 10.3 Å². The summed E-state index contributed by atoms with van der Waals surface area (Å²) in [6.45, 7) is 3.08. The first-order valence-corrected chi connectivity index (χ1v) is 8.35. The van der Waals surface area contributed by atoms with Crippen molar-refractivity contribution in [1.29, 1.82) is 0 Å². The predicted octanol–water partition coefficient (Wildman–Crippen LogP) is 3.47. The van der Waals surface area contributed by atoms with E-state index >= 15 is 0 Å². The topological polar surface area (TPSA) is 38.2 Å². The third-order valence-electron chi connectivity index (χ3n) is 4.29. The van der Waals surface area contributed by atoms with Crippen molar-refractivity contribution < 1.29 is 4.74 Å². The van der Waals surface area contributed by atoms with E-state index in [0.29, 0.717) is 0 Å². The second kappa shape index (κ2) is 5.20. The molecule has 1 saturated heterocycles. The largest absolute Gasteiger partial charge is 0.477 e. The van der Waals surface area contributed by atoms with Crippen LogP contribution in [0.25, 0.3) is 10.3 Å². The molecule has 0 spiro atoms. The Labute approximate surface area is 122 Å². The number of nitrogens with zero attached hydrogens (tertiary/aromatic N) is 3. The molecule has 4 nitrogen and oxygen atoms in total. The van der Waals surface area contributed by atoms with E-state index in [4.69, 9.17) is 4.74 Å². The molecular formula is C15H19N3OS. The van der Waals surface area contributed by atoms with Crippen molar-refractivity contribution in [3.05, 3.63) is 12.1 Å². The van der Waals surface area contributed by atoms with Crippen LogP contribution in [0.1, 0.15) is 32.1 Å². The van der Waals surface area contributed by atoms with Crippen LogP contribution in [0.5, 0.6) is 5.88 Å². The summed E-state index contributed by atoms with van der Waals surface area (Å²) in [6.07, 6.45) is 6.52. The lowest BCUT2D eigenvalue weighted by molar-refractivity contribution is 0.176. The van der Waals surface area contributed by atoms with E-state index in [-0.39, 0.29) is 0 Å². The molecule has 0 radical (unpaired) electrons.